The quantitative estimate of drug-likeness (QED) is 0.787. The van der Waals surface area contributed by atoms with E-state index >= 15 is 0 Å². The number of anilines is 1. The minimum Gasteiger partial charge on any atom is -0.496 e. The Bertz CT molecular complexity index is 695. The second-order valence-corrected chi connectivity index (χ2v) is 5.68. The topological polar surface area (TPSA) is 38.3 Å². The van der Waals surface area contributed by atoms with Crippen LogP contribution in [0.15, 0.2) is 53.0 Å². The Morgan fingerprint density at radius 1 is 1.27 bits per heavy atom. The summed E-state index contributed by atoms with van der Waals surface area (Å²) in [6.07, 6.45) is 4.18. The van der Waals surface area contributed by atoms with Crippen molar-refractivity contribution in [2.45, 2.75) is 13.3 Å². The van der Waals surface area contributed by atoms with E-state index in [0.717, 1.165) is 27.9 Å². The van der Waals surface area contributed by atoms with Crippen molar-refractivity contribution >= 4 is 33.6 Å². The largest absolute Gasteiger partial charge is 0.496 e. The van der Waals surface area contributed by atoms with Crippen molar-refractivity contribution < 1.29 is 9.53 Å². The van der Waals surface area contributed by atoms with Crippen LogP contribution in [0.2, 0.25) is 0 Å². The Kier molecular flexibility index (Phi) is 5.78. The predicted octanol–water partition coefficient (Wildman–Crippen LogP) is 4.67. The molecule has 114 valence electrons. The number of hydrogen-bond donors (Lipinski definition) is 1. The van der Waals surface area contributed by atoms with Crippen LogP contribution in [0.3, 0.4) is 0 Å². The molecule has 2 aromatic rings. The summed E-state index contributed by atoms with van der Waals surface area (Å²) in [6.45, 7) is 2.08. The molecule has 22 heavy (non-hydrogen) atoms. The number of ether oxygens (including phenoxy) is 1. The van der Waals surface area contributed by atoms with E-state index in [1.807, 2.05) is 42.5 Å². The van der Waals surface area contributed by atoms with Gasteiger partial charge in [-0.25, -0.2) is 0 Å². The number of hydrogen-bond acceptors (Lipinski definition) is 2. The van der Waals surface area contributed by atoms with Crippen molar-refractivity contribution in [3.63, 3.8) is 0 Å². The van der Waals surface area contributed by atoms with Gasteiger partial charge in [0.25, 0.3) is 0 Å². The van der Waals surface area contributed by atoms with Crippen molar-refractivity contribution in [1.29, 1.82) is 0 Å². The van der Waals surface area contributed by atoms with Gasteiger partial charge in [-0.15, -0.1) is 0 Å². The normalized spacial score (nSPS) is 10.7. The minimum absolute atomic E-state index is 0.171. The molecule has 0 atom stereocenters. The molecule has 0 heterocycles. The smallest absolute Gasteiger partial charge is 0.248 e. The monoisotopic (exact) mass is 359 g/mol. The summed E-state index contributed by atoms with van der Waals surface area (Å²) in [5, 5.41) is 2.86. The number of nitrogens with one attached hydrogen (secondary N) is 1. The fraction of sp³-hybridized carbons (Fsp3) is 0.167. The van der Waals surface area contributed by atoms with E-state index in [2.05, 4.69) is 28.2 Å². The van der Waals surface area contributed by atoms with Gasteiger partial charge in [0.2, 0.25) is 5.91 Å². The molecule has 1 N–H and O–H groups in total. The van der Waals surface area contributed by atoms with Crippen LogP contribution >= 0.6 is 15.9 Å². The zero-order valence-electron chi connectivity index (χ0n) is 12.6. The average molecular weight is 360 g/mol. The maximum absolute atomic E-state index is 12.0. The first-order chi connectivity index (χ1) is 10.6. The fourth-order valence-corrected chi connectivity index (χ4v) is 2.43. The average Bonchev–Trinajstić information content (AvgIpc) is 2.53. The summed E-state index contributed by atoms with van der Waals surface area (Å²) in [4.78, 5) is 12.0. The number of amides is 1. The van der Waals surface area contributed by atoms with E-state index in [0.29, 0.717) is 0 Å². The summed E-state index contributed by atoms with van der Waals surface area (Å²) < 4.78 is 6.21. The lowest BCUT2D eigenvalue weighted by molar-refractivity contribution is -0.111. The van der Waals surface area contributed by atoms with Crippen LogP contribution < -0.4 is 10.1 Å². The molecule has 0 unspecified atom stereocenters. The Morgan fingerprint density at radius 2 is 2.09 bits per heavy atom. The number of methoxy groups -OCH3 is 1. The highest BCUT2D eigenvalue weighted by Gasteiger charge is 2.02. The van der Waals surface area contributed by atoms with Crippen molar-refractivity contribution in [3.8, 4) is 5.75 Å². The summed E-state index contributed by atoms with van der Waals surface area (Å²) in [7, 11) is 1.61. The van der Waals surface area contributed by atoms with Gasteiger partial charge in [0.05, 0.1) is 7.11 Å². The number of rotatable bonds is 5. The molecule has 0 spiro atoms. The Morgan fingerprint density at radius 3 is 2.82 bits per heavy atom. The van der Waals surface area contributed by atoms with Gasteiger partial charge < -0.3 is 10.1 Å². The number of benzene rings is 2. The standard InChI is InChI=1S/C18H18BrNO2/c1-3-13-5-4-6-16(11-13)20-18(21)10-7-14-12-15(19)8-9-17(14)22-2/h4-12H,3H2,1-2H3,(H,20,21)/b10-7+. The van der Waals surface area contributed by atoms with Crippen LogP contribution in [0.5, 0.6) is 5.75 Å². The molecule has 0 aliphatic heterocycles. The number of carbonyl (C=O) groups is 1. The predicted molar refractivity (Wildman–Crippen MR) is 94.2 cm³/mol. The van der Waals surface area contributed by atoms with E-state index in [9.17, 15) is 4.79 Å². The molecule has 2 rings (SSSR count). The third-order valence-corrected chi connectivity index (χ3v) is 3.70. The van der Waals surface area contributed by atoms with Crippen LogP contribution in [0.4, 0.5) is 5.69 Å². The minimum atomic E-state index is -0.171. The number of carbonyl (C=O) groups excluding carboxylic acids is 1. The fourth-order valence-electron chi connectivity index (χ4n) is 2.05. The van der Waals surface area contributed by atoms with E-state index in [1.54, 1.807) is 13.2 Å². The second-order valence-electron chi connectivity index (χ2n) is 4.76. The number of aryl methyl sites for hydroxylation is 1. The van der Waals surface area contributed by atoms with Crippen LogP contribution in [0.25, 0.3) is 6.08 Å². The lowest BCUT2D eigenvalue weighted by atomic mass is 10.1. The van der Waals surface area contributed by atoms with Gasteiger partial charge in [0.1, 0.15) is 5.75 Å². The highest BCUT2D eigenvalue weighted by molar-refractivity contribution is 9.10. The molecule has 0 fully saturated rings. The molecule has 0 aliphatic carbocycles. The van der Waals surface area contributed by atoms with Crippen LogP contribution in [0, 0.1) is 0 Å². The molecule has 4 heteroatoms. The van der Waals surface area contributed by atoms with Crippen molar-refractivity contribution in [1.82, 2.24) is 0 Å². The molecule has 0 radical (unpaired) electrons. The Balaban J connectivity index is 2.09. The van der Waals surface area contributed by atoms with E-state index in [4.69, 9.17) is 4.74 Å². The zero-order chi connectivity index (χ0) is 15.9. The summed E-state index contributed by atoms with van der Waals surface area (Å²) in [6, 6.07) is 13.5. The van der Waals surface area contributed by atoms with Gasteiger partial charge in [-0.1, -0.05) is 35.0 Å². The summed E-state index contributed by atoms with van der Waals surface area (Å²) >= 11 is 3.41. The summed E-state index contributed by atoms with van der Waals surface area (Å²) in [5.41, 5.74) is 2.83. The van der Waals surface area contributed by atoms with Crippen LogP contribution in [-0.2, 0) is 11.2 Å². The Hall–Kier alpha value is -2.07. The third kappa shape index (κ3) is 4.46. The van der Waals surface area contributed by atoms with Crippen molar-refractivity contribution in [2.24, 2.45) is 0 Å². The zero-order valence-corrected chi connectivity index (χ0v) is 14.2. The third-order valence-electron chi connectivity index (χ3n) is 3.21. The molecular weight excluding hydrogens is 342 g/mol. The Labute approximate surface area is 139 Å². The first-order valence-electron chi connectivity index (χ1n) is 7.04. The van der Waals surface area contributed by atoms with Gasteiger partial charge in [0.15, 0.2) is 0 Å². The molecule has 2 aromatic carbocycles. The van der Waals surface area contributed by atoms with Crippen LogP contribution in [-0.4, -0.2) is 13.0 Å². The molecule has 0 saturated carbocycles. The number of halogens is 1. The van der Waals surface area contributed by atoms with Gasteiger partial charge in [-0.3, -0.25) is 4.79 Å². The van der Waals surface area contributed by atoms with E-state index < -0.39 is 0 Å². The SMILES string of the molecule is CCc1cccc(NC(=O)/C=C/c2cc(Br)ccc2OC)c1. The summed E-state index contributed by atoms with van der Waals surface area (Å²) in [5.74, 6) is 0.551. The van der Waals surface area contributed by atoms with E-state index in [1.165, 1.54) is 11.6 Å². The molecule has 0 saturated heterocycles. The molecular formula is C18H18BrNO2. The second kappa shape index (κ2) is 7.80. The molecule has 3 nitrogen and oxygen atoms in total. The molecule has 0 aliphatic rings. The lowest BCUT2D eigenvalue weighted by Crippen LogP contribution is -2.07. The maximum atomic E-state index is 12.0. The van der Waals surface area contributed by atoms with Gasteiger partial charge in [-0.2, -0.15) is 0 Å². The molecule has 1 amide bonds. The van der Waals surface area contributed by atoms with Crippen molar-refractivity contribution in [3.05, 3.63) is 64.1 Å². The van der Waals surface area contributed by atoms with Gasteiger partial charge >= 0.3 is 0 Å². The van der Waals surface area contributed by atoms with Gasteiger partial charge in [-0.05, 0) is 48.4 Å². The van der Waals surface area contributed by atoms with Gasteiger partial charge in [0, 0.05) is 21.8 Å². The maximum Gasteiger partial charge on any atom is 0.248 e. The molecule has 0 bridgehead atoms. The highest BCUT2D eigenvalue weighted by Crippen LogP contribution is 2.24. The van der Waals surface area contributed by atoms with E-state index in [-0.39, 0.29) is 5.91 Å². The van der Waals surface area contributed by atoms with Crippen LogP contribution in [0.1, 0.15) is 18.1 Å². The van der Waals surface area contributed by atoms with Crippen molar-refractivity contribution in [2.75, 3.05) is 12.4 Å². The molecule has 0 aromatic heterocycles. The first kappa shape index (κ1) is 16.3. The lowest BCUT2D eigenvalue weighted by Gasteiger charge is -2.06. The highest BCUT2D eigenvalue weighted by atomic mass is 79.9. The first-order valence-corrected chi connectivity index (χ1v) is 7.83.